The standard InChI is InChI=1S/C17H19ClN2O2/c18-14-8-4-5-9-15(14)20-11-10-19(16(21)17(20)22)12-13-6-2-1-3-7-13/h4-5,8-11,13H,1-3,6-7,12H2. The van der Waals surface area contributed by atoms with Crippen molar-refractivity contribution in [2.75, 3.05) is 0 Å². The van der Waals surface area contributed by atoms with E-state index in [-0.39, 0.29) is 0 Å². The molecule has 1 aromatic carbocycles. The van der Waals surface area contributed by atoms with Gasteiger partial charge in [-0.15, -0.1) is 0 Å². The summed E-state index contributed by atoms with van der Waals surface area (Å²) in [7, 11) is 0. The quantitative estimate of drug-likeness (QED) is 0.815. The van der Waals surface area contributed by atoms with Crippen LogP contribution in [-0.2, 0) is 6.54 Å². The second-order valence-electron chi connectivity index (χ2n) is 5.89. The van der Waals surface area contributed by atoms with Gasteiger partial charge in [-0.25, -0.2) is 0 Å². The normalized spacial score (nSPS) is 15.9. The van der Waals surface area contributed by atoms with Crippen LogP contribution in [0.2, 0.25) is 5.02 Å². The first-order valence-corrected chi connectivity index (χ1v) is 8.11. The van der Waals surface area contributed by atoms with E-state index >= 15 is 0 Å². The third-order valence-electron chi connectivity index (χ3n) is 4.35. The molecule has 1 saturated carbocycles. The van der Waals surface area contributed by atoms with Gasteiger partial charge in [0.25, 0.3) is 0 Å². The number of halogens is 1. The maximum absolute atomic E-state index is 12.4. The highest BCUT2D eigenvalue weighted by molar-refractivity contribution is 6.32. The van der Waals surface area contributed by atoms with Gasteiger partial charge >= 0.3 is 11.1 Å². The third kappa shape index (κ3) is 3.02. The minimum absolute atomic E-state index is 0.453. The average molecular weight is 319 g/mol. The van der Waals surface area contributed by atoms with Gasteiger partial charge in [0.05, 0.1) is 10.7 Å². The molecule has 1 fully saturated rings. The zero-order valence-corrected chi connectivity index (χ0v) is 13.1. The lowest BCUT2D eigenvalue weighted by Gasteiger charge is -2.22. The number of hydrogen-bond donors (Lipinski definition) is 0. The topological polar surface area (TPSA) is 44.0 Å². The van der Waals surface area contributed by atoms with Gasteiger partial charge in [0, 0.05) is 18.9 Å². The minimum atomic E-state index is -0.550. The summed E-state index contributed by atoms with van der Waals surface area (Å²) >= 11 is 6.11. The first kappa shape index (κ1) is 15.1. The molecule has 1 aromatic heterocycles. The molecule has 0 atom stereocenters. The number of rotatable bonds is 3. The Kier molecular flexibility index (Phi) is 4.48. The Labute approximate surface area is 134 Å². The summed E-state index contributed by atoms with van der Waals surface area (Å²) in [6, 6.07) is 7.02. The Hall–Kier alpha value is -1.81. The van der Waals surface area contributed by atoms with Gasteiger partial charge in [-0.3, -0.25) is 14.2 Å². The van der Waals surface area contributed by atoms with Crippen LogP contribution in [0.5, 0.6) is 0 Å². The van der Waals surface area contributed by atoms with Crippen molar-refractivity contribution in [2.45, 2.75) is 38.6 Å². The number of aromatic nitrogens is 2. The van der Waals surface area contributed by atoms with E-state index in [4.69, 9.17) is 11.6 Å². The molecule has 4 nitrogen and oxygen atoms in total. The summed E-state index contributed by atoms with van der Waals surface area (Å²) in [6.45, 7) is 0.636. The van der Waals surface area contributed by atoms with Gasteiger partial charge in [0.1, 0.15) is 0 Å². The van der Waals surface area contributed by atoms with Crippen LogP contribution in [0.4, 0.5) is 0 Å². The summed E-state index contributed by atoms with van der Waals surface area (Å²) in [5.74, 6) is 0.502. The lowest BCUT2D eigenvalue weighted by Crippen LogP contribution is -2.41. The van der Waals surface area contributed by atoms with Crippen molar-refractivity contribution in [1.82, 2.24) is 9.13 Å². The SMILES string of the molecule is O=c1c(=O)n(-c2ccccc2Cl)ccn1CC1CCCCC1. The van der Waals surface area contributed by atoms with Crippen molar-refractivity contribution in [1.29, 1.82) is 0 Å². The highest BCUT2D eigenvalue weighted by Gasteiger charge is 2.16. The molecule has 0 N–H and O–H groups in total. The van der Waals surface area contributed by atoms with Crippen LogP contribution in [0.25, 0.3) is 5.69 Å². The fraction of sp³-hybridized carbons (Fsp3) is 0.412. The van der Waals surface area contributed by atoms with Crippen molar-refractivity contribution in [3.8, 4) is 5.69 Å². The number of nitrogens with zero attached hydrogens (tertiary/aromatic N) is 2. The van der Waals surface area contributed by atoms with Gasteiger partial charge in [0.15, 0.2) is 0 Å². The molecule has 116 valence electrons. The van der Waals surface area contributed by atoms with Crippen molar-refractivity contribution in [2.24, 2.45) is 5.92 Å². The molecule has 0 amide bonds. The number of hydrogen-bond acceptors (Lipinski definition) is 2. The summed E-state index contributed by atoms with van der Waals surface area (Å²) in [5, 5.41) is 0.453. The molecule has 0 saturated heterocycles. The zero-order valence-electron chi connectivity index (χ0n) is 12.4. The van der Waals surface area contributed by atoms with Crippen LogP contribution >= 0.6 is 11.6 Å². The molecule has 5 heteroatoms. The van der Waals surface area contributed by atoms with Crippen molar-refractivity contribution in [3.05, 3.63) is 62.4 Å². The lowest BCUT2D eigenvalue weighted by atomic mass is 9.89. The fourth-order valence-electron chi connectivity index (χ4n) is 3.14. The first-order valence-electron chi connectivity index (χ1n) is 7.74. The Morgan fingerprint density at radius 3 is 2.45 bits per heavy atom. The van der Waals surface area contributed by atoms with Gasteiger partial charge in [0.2, 0.25) is 0 Å². The maximum atomic E-state index is 12.4. The molecular weight excluding hydrogens is 300 g/mol. The summed E-state index contributed by atoms with van der Waals surface area (Å²) in [4.78, 5) is 24.7. The molecule has 0 aliphatic heterocycles. The highest BCUT2D eigenvalue weighted by atomic mass is 35.5. The molecule has 1 aliphatic rings. The van der Waals surface area contributed by atoms with E-state index in [1.807, 2.05) is 0 Å². The van der Waals surface area contributed by atoms with Crippen LogP contribution in [0.1, 0.15) is 32.1 Å². The third-order valence-corrected chi connectivity index (χ3v) is 4.67. The molecule has 0 radical (unpaired) electrons. The smallest absolute Gasteiger partial charge is 0.309 e. The molecule has 0 bridgehead atoms. The summed E-state index contributed by atoms with van der Waals surface area (Å²) in [5.41, 5.74) is -0.490. The minimum Gasteiger partial charge on any atom is -0.309 e. The predicted octanol–water partition coefficient (Wildman–Crippen LogP) is 3.23. The van der Waals surface area contributed by atoms with E-state index in [9.17, 15) is 9.59 Å². The van der Waals surface area contributed by atoms with Crippen molar-refractivity contribution < 1.29 is 0 Å². The number of para-hydroxylation sites is 1. The fourth-order valence-corrected chi connectivity index (χ4v) is 3.36. The van der Waals surface area contributed by atoms with E-state index < -0.39 is 11.1 Å². The molecule has 22 heavy (non-hydrogen) atoms. The molecule has 1 heterocycles. The lowest BCUT2D eigenvalue weighted by molar-refractivity contribution is 0.315. The Morgan fingerprint density at radius 1 is 1.00 bits per heavy atom. The zero-order chi connectivity index (χ0) is 15.5. The molecule has 2 aromatic rings. The largest absolute Gasteiger partial charge is 0.321 e. The van der Waals surface area contributed by atoms with E-state index in [1.54, 1.807) is 41.2 Å². The maximum Gasteiger partial charge on any atom is 0.321 e. The number of benzene rings is 1. The monoisotopic (exact) mass is 318 g/mol. The second-order valence-corrected chi connectivity index (χ2v) is 6.29. The Balaban J connectivity index is 1.94. The second kappa shape index (κ2) is 6.53. The summed E-state index contributed by atoms with van der Waals surface area (Å²) < 4.78 is 2.87. The Bertz CT molecular complexity index is 773. The molecular formula is C17H19ClN2O2. The highest BCUT2D eigenvalue weighted by Crippen LogP contribution is 2.24. The van der Waals surface area contributed by atoms with Crippen LogP contribution in [-0.4, -0.2) is 9.13 Å². The van der Waals surface area contributed by atoms with Crippen molar-refractivity contribution in [3.63, 3.8) is 0 Å². The van der Waals surface area contributed by atoms with Gasteiger partial charge < -0.3 is 4.57 Å². The van der Waals surface area contributed by atoms with Gasteiger partial charge in [-0.05, 0) is 30.9 Å². The van der Waals surface area contributed by atoms with Gasteiger partial charge in [-0.2, -0.15) is 0 Å². The van der Waals surface area contributed by atoms with E-state index in [1.165, 1.54) is 23.8 Å². The molecule has 1 aliphatic carbocycles. The molecule has 0 unspecified atom stereocenters. The van der Waals surface area contributed by atoms with Crippen LogP contribution in [0.15, 0.2) is 46.2 Å². The predicted molar refractivity (Wildman–Crippen MR) is 87.9 cm³/mol. The Morgan fingerprint density at radius 2 is 1.73 bits per heavy atom. The van der Waals surface area contributed by atoms with Crippen LogP contribution < -0.4 is 11.1 Å². The van der Waals surface area contributed by atoms with Gasteiger partial charge in [-0.1, -0.05) is 43.0 Å². The molecule has 3 rings (SSSR count). The van der Waals surface area contributed by atoms with E-state index in [2.05, 4.69) is 0 Å². The first-order chi connectivity index (χ1) is 10.7. The molecule has 0 spiro atoms. The van der Waals surface area contributed by atoms with Crippen LogP contribution in [0, 0.1) is 5.92 Å². The van der Waals surface area contributed by atoms with Crippen molar-refractivity contribution >= 4 is 11.6 Å². The van der Waals surface area contributed by atoms with Crippen LogP contribution in [0.3, 0.4) is 0 Å². The summed E-state index contributed by atoms with van der Waals surface area (Å²) in [6.07, 6.45) is 9.32. The van der Waals surface area contributed by atoms with E-state index in [0.29, 0.717) is 23.2 Å². The average Bonchev–Trinajstić information content (AvgIpc) is 2.54. The van der Waals surface area contributed by atoms with E-state index in [0.717, 1.165) is 12.8 Å².